The largest absolute Gasteiger partial charge is 0.494 e. The normalized spacial score (nSPS) is 17.8. The van der Waals surface area contributed by atoms with E-state index in [-0.39, 0.29) is 42.5 Å². The summed E-state index contributed by atoms with van der Waals surface area (Å²) in [5, 5.41) is 12.0. The van der Waals surface area contributed by atoms with Crippen molar-refractivity contribution in [3.63, 3.8) is 0 Å². The van der Waals surface area contributed by atoms with E-state index in [0.717, 1.165) is 12.1 Å². The minimum atomic E-state index is -4.82. The number of esters is 1. The lowest BCUT2D eigenvalue weighted by atomic mass is 9.83. The van der Waals surface area contributed by atoms with Crippen LogP contribution in [-0.4, -0.2) is 47.2 Å². The van der Waals surface area contributed by atoms with Gasteiger partial charge >= 0.3 is 12.1 Å². The van der Waals surface area contributed by atoms with Crippen molar-refractivity contribution < 1.29 is 46.5 Å². The molecule has 2 N–H and O–H groups in total. The monoisotopic (exact) mass is 712 g/mol. The molecule has 48 heavy (non-hydrogen) atoms. The van der Waals surface area contributed by atoms with E-state index in [2.05, 4.69) is 5.32 Å². The predicted octanol–water partition coefficient (Wildman–Crippen LogP) is 7.61. The fraction of sp³-hybridized carbons (Fsp3) is 0.382. The lowest BCUT2D eigenvalue weighted by Gasteiger charge is -2.31. The number of carbonyl (C=O) groups is 2. The van der Waals surface area contributed by atoms with Crippen molar-refractivity contribution in [1.29, 1.82) is 0 Å². The van der Waals surface area contributed by atoms with Gasteiger partial charge in [-0.05, 0) is 87.4 Å². The van der Waals surface area contributed by atoms with Crippen LogP contribution in [0.25, 0.3) is 0 Å². The van der Waals surface area contributed by atoms with Crippen LogP contribution in [0.3, 0.4) is 0 Å². The first-order valence-corrected chi connectivity index (χ1v) is 15.7. The van der Waals surface area contributed by atoms with E-state index in [9.17, 15) is 27.2 Å². The highest BCUT2D eigenvalue weighted by Gasteiger charge is 2.54. The van der Waals surface area contributed by atoms with Gasteiger partial charge in [-0.3, -0.25) is 9.59 Å². The topological polar surface area (TPSA) is 106 Å². The summed E-state index contributed by atoms with van der Waals surface area (Å²) in [5.41, 5.74) is -3.37. The summed E-state index contributed by atoms with van der Waals surface area (Å²) in [4.78, 5) is 31.9. The SMILES string of the molecule is CC(C)(C)OC(=O)CC[C@@]1(C(=O)NCc2cc(F)cc(C(F)(F)F)c2)N=C(c2ccc(OCCCO)cc2)O[C@@H]1c1ccc(Cl)cc1Cl. The zero-order chi connectivity index (χ0) is 35.3. The maximum atomic E-state index is 14.3. The van der Waals surface area contributed by atoms with Gasteiger partial charge < -0.3 is 24.6 Å². The molecule has 0 aromatic heterocycles. The molecule has 0 saturated carbocycles. The second kappa shape index (κ2) is 15.1. The van der Waals surface area contributed by atoms with E-state index in [1.165, 1.54) is 12.1 Å². The van der Waals surface area contributed by atoms with Gasteiger partial charge in [0.2, 0.25) is 5.90 Å². The molecule has 0 spiro atoms. The Morgan fingerprint density at radius 3 is 2.38 bits per heavy atom. The molecule has 0 aliphatic carbocycles. The van der Waals surface area contributed by atoms with Crippen LogP contribution in [0.15, 0.2) is 65.7 Å². The first kappa shape index (κ1) is 37.0. The number of aliphatic hydroxyl groups excluding tert-OH is 1. The summed E-state index contributed by atoms with van der Waals surface area (Å²) < 4.78 is 71.7. The van der Waals surface area contributed by atoms with Gasteiger partial charge in [0.25, 0.3) is 5.91 Å². The number of aliphatic imine (C=N–C) groups is 1. The van der Waals surface area contributed by atoms with Gasteiger partial charge in [0, 0.05) is 47.2 Å². The number of ether oxygens (including phenoxy) is 3. The van der Waals surface area contributed by atoms with Gasteiger partial charge in [0.15, 0.2) is 11.6 Å². The number of hydrogen-bond acceptors (Lipinski definition) is 7. The Kier molecular flexibility index (Phi) is 11.6. The third-order valence-corrected chi connectivity index (χ3v) is 7.71. The van der Waals surface area contributed by atoms with Crippen molar-refractivity contribution in [2.24, 2.45) is 4.99 Å². The van der Waals surface area contributed by atoms with Gasteiger partial charge in [-0.2, -0.15) is 13.2 Å². The summed E-state index contributed by atoms with van der Waals surface area (Å²) in [5.74, 6) is -2.07. The zero-order valence-corrected chi connectivity index (χ0v) is 27.8. The van der Waals surface area contributed by atoms with E-state index in [4.69, 9.17) is 47.5 Å². The van der Waals surface area contributed by atoms with Crippen molar-refractivity contribution in [1.82, 2.24) is 5.32 Å². The molecule has 1 aliphatic heterocycles. The van der Waals surface area contributed by atoms with E-state index >= 15 is 0 Å². The van der Waals surface area contributed by atoms with Crippen molar-refractivity contribution in [3.05, 3.63) is 98.8 Å². The van der Waals surface area contributed by atoms with Gasteiger partial charge in [0.05, 0.1) is 12.2 Å². The molecule has 14 heteroatoms. The van der Waals surface area contributed by atoms with E-state index in [1.54, 1.807) is 51.1 Å². The van der Waals surface area contributed by atoms with Crippen LogP contribution in [0.5, 0.6) is 5.75 Å². The Bertz CT molecular complexity index is 1660. The number of nitrogens with one attached hydrogen (secondary N) is 1. The van der Waals surface area contributed by atoms with Gasteiger partial charge in [0.1, 0.15) is 17.2 Å². The summed E-state index contributed by atoms with van der Waals surface area (Å²) in [6, 6.07) is 13.1. The molecule has 3 aromatic rings. The Morgan fingerprint density at radius 1 is 1.04 bits per heavy atom. The molecule has 1 aliphatic rings. The van der Waals surface area contributed by atoms with Crippen LogP contribution in [0.2, 0.25) is 10.0 Å². The highest BCUT2D eigenvalue weighted by atomic mass is 35.5. The number of nitrogens with zero attached hydrogens (tertiary/aromatic N) is 1. The molecule has 1 heterocycles. The van der Waals surface area contributed by atoms with Crippen molar-refractivity contribution in [2.75, 3.05) is 13.2 Å². The number of rotatable bonds is 12. The lowest BCUT2D eigenvalue weighted by Crippen LogP contribution is -2.48. The van der Waals surface area contributed by atoms with Crippen LogP contribution in [0.4, 0.5) is 17.6 Å². The zero-order valence-electron chi connectivity index (χ0n) is 26.3. The van der Waals surface area contributed by atoms with Crippen LogP contribution >= 0.6 is 23.2 Å². The van der Waals surface area contributed by atoms with Gasteiger partial charge in [-0.1, -0.05) is 29.3 Å². The summed E-state index contributed by atoms with van der Waals surface area (Å²) in [7, 11) is 0. The lowest BCUT2D eigenvalue weighted by molar-refractivity contribution is -0.155. The molecular weight excluding hydrogens is 679 g/mol. The molecule has 1 amide bonds. The van der Waals surface area contributed by atoms with Crippen molar-refractivity contribution >= 4 is 41.0 Å². The molecule has 0 unspecified atom stereocenters. The minimum absolute atomic E-state index is 0.0115. The van der Waals surface area contributed by atoms with Crippen LogP contribution in [0.1, 0.15) is 68.4 Å². The fourth-order valence-electron chi connectivity index (χ4n) is 5.00. The standard InChI is InChI=1S/C34H34Cl2F4N2O6/c1-32(2,3)48-28(44)11-12-33(31(45)41-19-20-15-22(34(38,39)40)17-24(37)16-20)29(26-10-7-23(35)18-27(26)36)47-30(42-33)21-5-8-25(9-6-21)46-14-4-13-43/h5-10,15-18,29,43H,4,11-14,19H2,1-3H3,(H,41,45)/t29-,33-/m1/s1. The number of aliphatic hydroxyl groups is 1. The van der Waals surface area contributed by atoms with Crippen molar-refractivity contribution in [2.45, 2.75) is 70.0 Å². The fourth-order valence-corrected chi connectivity index (χ4v) is 5.51. The first-order valence-electron chi connectivity index (χ1n) is 14.9. The second-order valence-electron chi connectivity index (χ2n) is 12.1. The number of amides is 1. The minimum Gasteiger partial charge on any atom is -0.494 e. The second-order valence-corrected chi connectivity index (χ2v) is 12.9. The summed E-state index contributed by atoms with van der Waals surface area (Å²) >= 11 is 12.7. The maximum Gasteiger partial charge on any atom is 0.416 e. The van der Waals surface area contributed by atoms with Gasteiger partial charge in [-0.15, -0.1) is 0 Å². The average Bonchev–Trinajstić information content (AvgIpc) is 3.38. The number of hydrogen-bond donors (Lipinski definition) is 2. The molecule has 0 fully saturated rings. The number of halogens is 6. The number of carbonyl (C=O) groups excluding carboxylic acids is 2. The highest BCUT2D eigenvalue weighted by Crippen LogP contribution is 2.46. The Labute approximate surface area is 285 Å². The smallest absolute Gasteiger partial charge is 0.416 e. The summed E-state index contributed by atoms with van der Waals surface area (Å²) in [6.07, 6.45) is -6.19. The molecule has 0 bridgehead atoms. The number of benzene rings is 3. The van der Waals surface area contributed by atoms with Gasteiger partial charge in [-0.25, -0.2) is 9.38 Å². The molecule has 3 aromatic carbocycles. The van der Waals surface area contributed by atoms with E-state index < -0.39 is 53.2 Å². The predicted molar refractivity (Wildman–Crippen MR) is 172 cm³/mol. The molecule has 2 atom stereocenters. The van der Waals surface area contributed by atoms with E-state index in [0.29, 0.717) is 34.4 Å². The Morgan fingerprint density at radius 2 is 1.75 bits per heavy atom. The van der Waals surface area contributed by atoms with Crippen molar-refractivity contribution in [3.8, 4) is 5.75 Å². The Balaban J connectivity index is 1.77. The molecule has 8 nitrogen and oxygen atoms in total. The number of alkyl halides is 3. The molecule has 4 rings (SSSR count). The maximum absolute atomic E-state index is 14.3. The molecule has 0 saturated heterocycles. The third-order valence-electron chi connectivity index (χ3n) is 7.14. The highest BCUT2D eigenvalue weighted by molar-refractivity contribution is 6.35. The molecule has 258 valence electrons. The first-order chi connectivity index (χ1) is 22.5. The third kappa shape index (κ3) is 9.39. The summed E-state index contributed by atoms with van der Waals surface area (Å²) in [6.45, 7) is 4.80. The molecular formula is C34H34Cl2F4N2O6. The quantitative estimate of drug-likeness (QED) is 0.114. The van der Waals surface area contributed by atoms with Crippen LogP contribution in [0, 0.1) is 5.82 Å². The van der Waals surface area contributed by atoms with E-state index in [1.807, 2.05) is 0 Å². The van der Waals surface area contributed by atoms with Crippen LogP contribution in [-0.2, 0) is 31.8 Å². The molecule has 0 radical (unpaired) electrons. The Hall–Kier alpha value is -3.87. The average molecular weight is 714 g/mol. The van der Waals surface area contributed by atoms with Crippen LogP contribution < -0.4 is 10.1 Å².